The number of nitrogens with zero attached hydrogens (tertiary/aromatic N) is 2. The normalized spacial score (nSPS) is 36.7. The van der Waals surface area contributed by atoms with Gasteiger partial charge in [0.1, 0.15) is 39.3 Å². The molecule has 0 atom stereocenters. The van der Waals surface area contributed by atoms with Crippen molar-refractivity contribution in [2.75, 3.05) is 52.4 Å². The fraction of sp³-hybridized carbons (Fsp3) is 1.00. The van der Waals surface area contributed by atoms with Crippen molar-refractivity contribution in [3.05, 3.63) is 0 Å². The summed E-state index contributed by atoms with van der Waals surface area (Å²) in [6.45, 7) is 16.0. The zero-order chi connectivity index (χ0) is 12.4. The van der Waals surface area contributed by atoms with Crippen molar-refractivity contribution in [3.8, 4) is 0 Å². The van der Waals surface area contributed by atoms with E-state index in [0.717, 1.165) is 12.6 Å². The average Bonchev–Trinajstić information content (AvgIpc) is 2.37. The monoisotopic (exact) mass is 242 g/mol. The van der Waals surface area contributed by atoms with Gasteiger partial charge in [-0.3, -0.25) is 0 Å². The molecule has 2 bridgehead atoms. The summed E-state index contributed by atoms with van der Waals surface area (Å²) in [7, 11) is 0. The smallest absolute Gasteiger partial charge is 0.129 e. The minimum absolute atomic E-state index is 0.837. The van der Waals surface area contributed by atoms with Crippen LogP contribution in [0, 0.1) is 0 Å². The molecule has 0 radical (unpaired) electrons. The van der Waals surface area contributed by atoms with E-state index in [4.69, 9.17) is 0 Å². The highest BCUT2D eigenvalue weighted by Gasteiger charge is 2.49. The summed E-state index contributed by atoms with van der Waals surface area (Å²) in [6, 6.07) is 0.837. The Hall–Kier alpha value is -0.120. The minimum atomic E-state index is 0.837. The van der Waals surface area contributed by atoms with Crippen molar-refractivity contribution in [3.63, 3.8) is 0 Å². The minimum Gasteiger partial charge on any atom is -0.358 e. The maximum atomic E-state index is 3.94. The summed E-state index contributed by atoms with van der Waals surface area (Å²) in [5.41, 5.74) is 3.94. The van der Waals surface area contributed by atoms with Crippen LogP contribution < -0.4 is 5.73 Å². The van der Waals surface area contributed by atoms with Gasteiger partial charge >= 0.3 is 0 Å². The van der Waals surface area contributed by atoms with Gasteiger partial charge in [-0.2, -0.15) is 0 Å². The fourth-order valence-electron chi connectivity index (χ4n) is 3.82. The Kier molecular flexibility index (Phi) is 4.11. The molecule has 3 fully saturated rings. The van der Waals surface area contributed by atoms with Crippen LogP contribution in [-0.4, -0.2) is 67.4 Å². The van der Waals surface area contributed by atoms with E-state index in [1.807, 2.05) is 0 Å². The topological polar surface area (TPSA) is 27.6 Å². The molecule has 0 aliphatic carbocycles. The molecule has 0 aromatic heterocycles. The van der Waals surface area contributed by atoms with Crippen LogP contribution in [0.1, 0.15) is 33.1 Å². The Morgan fingerprint density at radius 1 is 0.882 bits per heavy atom. The lowest BCUT2D eigenvalue weighted by Crippen LogP contribution is -2.76. The van der Waals surface area contributed by atoms with Crippen molar-refractivity contribution in [2.24, 2.45) is 0 Å². The molecule has 0 spiro atoms. The van der Waals surface area contributed by atoms with E-state index in [-0.39, 0.29) is 0 Å². The molecule has 0 aromatic carbocycles. The summed E-state index contributed by atoms with van der Waals surface area (Å²) in [5, 5.41) is 0. The van der Waals surface area contributed by atoms with Crippen LogP contribution in [0.3, 0.4) is 0 Å². The van der Waals surface area contributed by atoms with Gasteiger partial charge in [0.05, 0.1) is 19.1 Å². The molecule has 3 rings (SSSR count). The third kappa shape index (κ3) is 2.67. The zero-order valence-corrected chi connectivity index (χ0v) is 12.0. The van der Waals surface area contributed by atoms with Gasteiger partial charge < -0.3 is 14.7 Å². The average molecular weight is 242 g/mol. The van der Waals surface area contributed by atoms with Crippen molar-refractivity contribution in [1.29, 1.82) is 0 Å². The first-order valence-electron chi connectivity index (χ1n) is 7.63. The van der Waals surface area contributed by atoms with Gasteiger partial charge in [0.15, 0.2) is 0 Å². The van der Waals surface area contributed by atoms with E-state index < -0.39 is 0 Å². The largest absolute Gasteiger partial charge is 0.358 e. The standard InChI is InChI=1S/C14H31N3/c1-14(2)17-11-8-16(9-12-17,10-13-17)7-5-3-4-6-15/h14H,3-13,15H2,1-2H3/q+2/p+1. The molecule has 3 nitrogen and oxygen atoms in total. The molecule has 3 aliphatic heterocycles. The second-order valence-electron chi connectivity index (χ2n) is 6.63. The van der Waals surface area contributed by atoms with Gasteiger partial charge in [0.2, 0.25) is 0 Å². The SMILES string of the molecule is CC(C)[N+]12CC[N+](CCCCC[NH3+])(CC1)CC2. The van der Waals surface area contributed by atoms with Crippen LogP contribution in [0.4, 0.5) is 0 Å². The fourth-order valence-corrected chi connectivity index (χ4v) is 3.82. The summed E-state index contributed by atoms with van der Waals surface area (Å²) in [5.74, 6) is 0. The highest BCUT2D eigenvalue weighted by Crippen LogP contribution is 2.29. The first-order chi connectivity index (χ1) is 8.13. The summed E-state index contributed by atoms with van der Waals surface area (Å²) in [4.78, 5) is 0. The lowest BCUT2D eigenvalue weighted by atomic mass is 10.0. The number of hydrogen-bond acceptors (Lipinski definition) is 0. The van der Waals surface area contributed by atoms with Crippen LogP contribution in [0.25, 0.3) is 0 Å². The number of hydrogen-bond donors (Lipinski definition) is 1. The van der Waals surface area contributed by atoms with E-state index in [9.17, 15) is 0 Å². The second-order valence-corrected chi connectivity index (χ2v) is 6.63. The quantitative estimate of drug-likeness (QED) is 0.518. The molecule has 3 aliphatic rings. The molecule has 17 heavy (non-hydrogen) atoms. The number of unbranched alkanes of at least 4 members (excludes halogenated alkanes) is 2. The van der Waals surface area contributed by atoms with E-state index in [2.05, 4.69) is 19.6 Å². The molecule has 0 unspecified atom stereocenters. The molecule has 3 heteroatoms. The predicted octanol–water partition coefficient (Wildman–Crippen LogP) is 0.468. The second kappa shape index (κ2) is 5.25. The first kappa shape index (κ1) is 13.3. The van der Waals surface area contributed by atoms with Crippen LogP contribution >= 0.6 is 0 Å². The van der Waals surface area contributed by atoms with Crippen molar-refractivity contribution >= 4 is 0 Å². The Balaban J connectivity index is 1.82. The predicted molar refractivity (Wildman–Crippen MR) is 71.3 cm³/mol. The Labute approximate surface area is 107 Å². The highest BCUT2D eigenvalue weighted by atomic mass is 15.5. The van der Waals surface area contributed by atoms with E-state index >= 15 is 0 Å². The van der Waals surface area contributed by atoms with Crippen LogP contribution in [0.5, 0.6) is 0 Å². The summed E-state index contributed by atoms with van der Waals surface area (Å²) < 4.78 is 2.86. The molecule has 3 N–H and O–H groups in total. The van der Waals surface area contributed by atoms with Gasteiger partial charge in [-0.1, -0.05) is 0 Å². The zero-order valence-electron chi connectivity index (χ0n) is 12.0. The maximum absolute atomic E-state index is 3.94. The van der Waals surface area contributed by atoms with Gasteiger partial charge in [-0.25, -0.2) is 0 Å². The molecule has 100 valence electrons. The van der Waals surface area contributed by atoms with Gasteiger partial charge in [-0.05, 0) is 33.1 Å². The number of piperazine rings is 3. The number of quaternary nitrogens is 3. The van der Waals surface area contributed by atoms with Crippen LogP contribution in [0.2, 0.25) is 0 Å². The van der Waals surface area contributed by atoms with E-state index in [1.165, 1.54) is 74.0 Å². The number of fused-ring (bicyclic) bond motifs is 3. The first-order valence-corrected chi connectivity index (χ1v) is 7.63. The van der Waals surface area contributed by atoms with Crippen LogP contribution in [-0.2, 0) is 0 Å². The van der Waals surface area contributed by atoms with E-state index in [1.54, 1.807) is 0 Å². The van der Waals surface area contributed by atoms with Gasteiger partial charge in [0.25, 0.3) is 0 Å². The molecular formula is C14H32N3+3. The van der Waals surface area contributed by atoms with Crippen molar-refractivity contribution < 1.29 is 14.7 Å². The van der Waals surface area contributed by atoms with Crippen molar-refractivity contribution in [1.82, 2.24) is 0 Å². The molecule has 3 heterocycles. The molecule has 3 saturated heterocycles. The van der Waals surface area contributed by atoms with Crippen LogP contribution in [0.15, 0.2) is 0 Å². The summed E-state index contributed by atoms with van der Waals surface area (Å²) in [6.07, 6.45) is 4.15. The molecule has 0 amide bonds. The third-order valence-corrected chi connectivity index (χ3v) is 5.54. The van der Waals surface area contributed by atoms with Crippen molar-refractivity contribution in [2.45, 2.75) is 39.2 Å². The Morgan fingerprint density at radius 2 is 1.47 bits per heavy atom. The van der Waals surface area contributed by atoms with E-state index in [0.29, 0.717) is 0 Å². The Morgan fingerprint density at radius 3 is 1.94 bits per heavy atom. The highest BCUT2D eigenvalue weighted by molar-refractivity contribution is 4.64. The lowest BCUT2D eigenvalue weighted by Gasteiger charge is -2.57. The van der Waals surface area contributed by atoms with Gasteiger partial charge in [-0.15, -0.1) is 0 Å². The number of rotatable bonds is 6. The molecule has 0 saturated carbocycles. The lowest BCUT2D eigenvalue weighted by molar-refractivity contribution is -1.09. The third-order valence-electron chi connectivity index (χ3n) is 5.54. The maximum Gasteiger partial charge on any atom is 0.129 e. The summed E-state index contributed by atoms with van der Waals surface area (Å²) >= 11 is 0. The molecular weight excluding hydrogens is 210 g/mol. The molecule has 0 aromatic rings. The van der Waals surface area contributed by atoms with Gasteiger partial charge in [0, 0.05) is 0 Å². The Bertz CT molecular complexity index is 225.